The predicted molar refractivity (Wildman–Crippen MR) is 119 cm³/mol. The quantitative estimate of drug-likeness (QED) is 0.699. The number of hydrogen-bond donors (Lipinski definition) is 2. The van der Waals surface area contributed by atoms with Gasteiger partial charge in [0.15, 0.2) is 0 Å². The molecule has 0 saturated carbocycles. The average molecular weight is 448 g/mol. The van der Waals surface area contributed by atoms with Gasteiger partial charge in [-0.1, -0.05) is 11.6 Å². The smallest absolute Gasteiger partial charge is 0.255 e. The molecule has 10 heteroatoms. The van der Waals surface area contributed by atoms with Gasteiger partial charge in [-0.15, -0.1) is 0 Å². The molecular weight excluding hydrogens is 422 g/mol. The van der Waals surface area contributed by atoms with Gasteiger partial charge in [-0.25, -0.2) is 4.98 Å². The van der Waals surface area contributed by atoms with E-state index in [4.69, 9.17) is 16.3 Å². The highest BCUT2D eigenvalue weighted by molar-refractivity contribution is 6.33. The zero-order valence-corrected chi connectivity index (χ0v) is 18.6. The number of amides is 2. The van der Waals surface area contributed by atoms with E-state index in [0.717, 1.165) is 0 Å². The van der Waals surface area contributed by atoms with E-state index >= 15 is 0 Å². The molecule has 2 heterocycles. The van der Waals surface area contributed by atoms with E-state index in [1.54, 1.807) is 39.2 Å². The molecule has 0 bridgehead atoms. The molecule has 2 N–H and O–H groups in total. The fraction of sp³-hybridized carbons (Fsp3) is 0.429. The molecule has 166 valence electrons. The second-order valence-electron chi connectivity index (χ2n) is 7.50. The molecule has 0 radical (unpaired) electrons. The third-order valence-electron chi connectivity index (χ3n) is 5.02. The summed E-state index contributed by atoms with van der Waals surface area (Å²) in [6.45, 7) is 4.28. The third kappa shape index (κ3) is 5.62. The maximum Gasteiger partial charge on any atom is 0.255 e. The summed E-state index contributed by atoms with van der Waals surface area (Å²) in [5.41, 5.74) is 1.58. The van der Waals surface area contributed by atoms with Crippen molar-refractivity contribution < 1.29 is 14.3 Å². The van der Waals surface area contributed by atoms with E-state index in [1.165, 1.54) is 4.90 Å². The number of nitrogens with one attached hydrogen (secondary N) is 2. The van der Waals surface area contributed by atoms with Crippen LogP contribution in [-0.4, -0.2) is 67.1 Å². The SMILES string of the molecule is Cc1nc(N2CCOCC2)[nH]c(=O)c1CCC(=O)Nc1cc(C(=O)N(C)C)ccc1Cl. The van der Waals surface area contributed by atoms with Crippen molar-refractivity contribution in [3.63, 3.8) is 0 Å². The Balaban J connectivity index is 1.66. The molecule has 0 spiro atoms. The van der Waals surface area contributed by atoms with Crippen LogP contribution in [0.25, 0.3) is 0 Å². The highest BCUT2D eigenvalue weighted by Crippen LogP contribution is 2.24. The minimum Gasteiger partial charge on any atom is -0.378 e. The number of aromatic nitrogens is 2. The second kappa shape index (κ2) is 9.93. The number of carbonyl (C=O) groups excluding carboxylic acids is 2. The monoisotopic (exact) mass is 447 g/mol. The molecule has 1 aliphatic rings. The number of hydrogen-bond acceptors (Lipinski definition) is 6. The van der Waals surface area contributed by atoms with E-state index in [-0.39, 0.29) is 30.2 Å². The Morgan fingerprint density at radius 1 is 1.29 bits per heavy atom. The van der Waals surface area contributed by atoms with Crippen LogP contribution < -0.4 is 15.8 Å². The molecule has 1 aromatic heterocycles. The van der Waals surface area contributed by atoms with Crippen molar-refractivity contribution in [2.24, 2.45) is 0 Å². The molecule has 1 fully saturated rings. The van der Waals surface area contributed by atoms with E-state index in [1.807, 2.05) is 4.90 Å². The van der Waals surface area contributed by atoms with Gasteiger partial charge in [0.2, 0.25) is 11.9 Å². The van der Waals surface area contributed by atoms with Crippen LogP contribution in [0, 0.1) is 6.92 Å². The Hall–Kier alpha value is -2.91. The average Bonchev–Trinajstić information content (AvgIpc) is 2.74. The first-order valence-electron chi connectivity index (χ1n) is 10.00. The van der Waals surface area contributed by atoms with Gasteiger partial charge < -0.3 is 19.9 Å². The normalized spacial score (nSPS) is 13.7. The van der Waals surface area contributed by atoms with Crippen molar-refractivity contribution in [3.05, 3.63) is 50.4 Å². The Morgan fingerprint density at radius 2 is 2.00 bits per heavy atom. The highest BCUT2D eigenvalue weighted by Gasteiger charge is 2.17. The van der Waals surface area contributed by atoms with Gasteiger partial charge in [0.1, 0.15) is 0 Å². The summed E-state index contributed by atoms with van der Waals surface area (Å²) >= 11 is 6.17. The van der Waals surface area contributed by atoms with E-state index in [2.05, 4.69) is 15.3 Å². The van der Waals surface area contributed by atoms with Gasteiger partial charge in [0.05, 0.1) is 23.9 Å². The third-order valence-corrected chi connectivity index (χ3v) is 5.35. The minimum absolute atomic E-state index is 0.0741. The molecule has 0 aliphatic carbocycles. The fourth-order valence-corrected chi connectivity index (χ4v) is 3.44. The van der Waals surface area contributed by atoms with Crippen molar-refractivity contribution in [1.29, 1.82) is 0 Å². The van der Waals surface area contributed by atoms with E-state index in [9.17, 15) is 14.4 Å². The zero-order chi connectivity index (χ0) is 22.5. The Morgan fingerprint density at radius 3 is 2.65 bits per heavy atom. The van der Waals surface area contributed by atoms with Crippen molar-refractivity contribution in [3.8, 4) is 0 Å². The molecule has 31 heavy (non-hydrogen) atoms. The fourth-order valence-electron chi connectivity index (χ4n) is 3.28. The van der Waals surface area contributed by atoms with Crippen molar-refractivity contribution in [1.82, 2.24) is 14.9 Å². The molecule has 2 aromatic rings. The standard InChI is InChI=1S/C21H26ClN5O4/c1-13-15(19(29)25-21(23-13)27-8-10-31-11-9-27)5-7-18(28)24-17-12-14(4-6-16(17)22)20(30)26(2)3/h4,6,12H,5,7-11H2,1-3H3,(H,24,28)(H,23,25,29). The van der Waals surface area contributed by atoms with E-state index in [0.29, 0.717) is 59.8 Å². The summed E-state index contributed by atoms with van der Waals surface area (Å²) in [6, 6.07) is 4.71. The summed E-state index contributed by atoms with van der Waals surface area (Å²) in [5.74, 6) is 0.0151. The number of halogens is 1. The number of carbonyl (C=O) groups is 2. The number of aryl methyl sites for hydroxylation is 1. The molecule has 0 atom stereocenters. The molecule has 1 aromatic carbocycles. The van der Waals surface area contributed by atoms with Crippen LogP contribution in [0.2, 0.25) is 5.02 Å². The molecule has 1 saturated heterocycles. The Labute approximate surface area is 185 Å². The molecular formula is C21H26ClN5O4. The van der Waals surface area contributed by atoms with Gasteiger partial charge in [0, 0.05) is 50.4 Å². The summed E-state index contributed by atoms with van der Waals surface area (Å²) in [5, 5.41) is 3.05. The first kappa shape index (κ1) is 22.8. The van der Waals surface area contributed by atoms with Gasteiger partial charge in [-0.2, -0.15) is 0 Å². The number of morpholine rings is 1. The number of H-pyrrole nitrogens is 1. The van der Waals surface area contributed by atoms with Crippen LogP contribution in [-0.2, 0) is 16.0 Å². The number of aromatic amines is 1. The Bertz CT molecular complexity index is 1030. The number of nitrogens with zero attached hydrogens (tertiary/aromatic N) is 3. The van der Waals surface area contributed by atoms with Gasteiger partial charge in [-0.05, 0) is 31.5 Å². The van der Waals surface area contributed by atoms with Gasteiger partial charge in [-0.3, -0.25) is 19.4 Å². The maximum absolute atomic E-state index is 12.6. The van der Waals surface area contributed by atoms with Crippen LogP contribution in [0.1, 0.15) is 28.0 Å². The number of rotatable bonds is 6. The van der Waals surface area contributed by atoms with Crippen LogP contribution in [0.4, 0.5) is 11.6 Å². The van der Waals surface area contributed by atoms with Crippen molar-refractivity contribution >= 4 is 35.1 Å². The minimum atomic E-state index is -0.313. The summed E-state index contributed by atoms with van der Waals surface area (Å²) in [6.07, 6.45) is 0.308. The van der Waals surface area contributed by atoms with Crippen LogP contribution in [0.3, 0.4) is 0 Å². The molecule has 9 nitrogen and oxygen atoms in total. The lowest BCUT2D eigenvalue weighted by atomic mass is 10.1. The first-order chi connectivity index (χ1) is 14.8. The lowest BCUT2D eigenvalue weighted by Gasteiger charge is -2.27. The van der Waals surface area contributed by atoms with Crippen LogP contribution in [0.15, 0.2) is 23.0 Å². The van der Waals surface area contributed by atoms with Gasteiger partial charge >= 0.3 is 0 Å². The first-order valence-corrected chi connectivity index (χ1v) is 10.4. The predicted octanol–water partition coefficient (Wildman–Crippen LogP) is 1.84. The largest absolute Gasteiger partial charge is 0.378 e. The summed E-state index contributed by atoms with van der Waals surface area (Å²) < 4.78 is 5.32. The lowest BCUT2D eigenvalue weighted by molar-refractivity contribution is -0.116. The molecule has 1 aliphatic heterocycles. The topological polar surface area (TPSA) is 108 Å². The molecule has 2 amide bonds. The van der Waals surface area contributed by atoms with Crippen LogP contribution in [0.5, 0.6) is 0 Å². The van der Waals surface area contributed by atoms with Crippen molar-refractivity contribution in [2.45, 2.75) is 19.8 Å². The lowest BCUT2D eigenvalue weighted by Crippen LogP contribution is -2.38. The maximum atomic E-state index is 12.6. The molecule has 3 rings (SSSR count). The second-order valence-corrected chi connectivity index (χ2v) is 7.90. The van der Waals surface area contributed by atoms with Crippen LogP contribution >= 0.6 is 11.6 Å². The zero-order valence-electron chi connectivity index (χ0n) is 17.8. The number of benzene rings is 1. The van der Waals surface area contributed by atoms with E-state index < -0.39 is 0 Å². The highest BCUT2D eigenvalue weighted by atomic mass is 35.5. The number of ether oxygens (including phenoxy) is 1. The Kier molecular flexibility index (Phi) is 7.29. The summed E-state index contributed by atoms with van der Waals surface area (Å²) in [4.78, 5) is 47.9. The molecule has 0 unspecified atom stereocenters. The van der Waals surface area contributed by atoms with Gasteiger partial charge in [0.25, 0.3) is 11.5 Å². The van der Waals surface area contributed by atoms with Crippen molar-refractivity contribution in [2.75, 3.05) is 50.6 Å². The number of anilines is 2. The summed E-state index contributed by atoms with van der Waals surface area (Å²) in [7, 11) is 3.29.